The lowest BCUT2D eigenvalue weighted by Crippen LogP contribution is -2.35. The van der Waals surface area contributed by atoms with Crippen LogP contribution in [0.5, 0.6) is 0 Å². The third kappa shape index (κ3) is 43.2. The van der Waals surface area contributed by atoms with E-state index in [1.54, 1.807) is 0 Å². The van der Waals surface area contributed by atoms with Crippen molar-refractivity contribution in [2.24, 2.45) is 11.8 Å². The Morgan fingerprint density at radius 3 is 1.60 bits per heavy atom. The lowest BCUT2D eigenvalue weighted by Gasteiger charge is -2.20. The fourth-order valence-corrected chi connectivity index (χ4v) is 8.87. The normalized spacial score (nSPS) is 14.1. The van der Waals surface area contributed by atoms with Crippen LogP contribution >= 0.6 is 0 Å². The van der Waals surface area contributed by atoms with Gasteiger partial charge in [0, 0.05) is 45.6 Å². The number of ether oxygens (including phenoxy) is 7. The molecule has 1 amide bonds. The number of alkyl carbamates (subject to hydrolysis) is 1. The molecule has 0 aromatic heterocycles. The molecule has 0 radical (unpaired) electrons. The number of rotatable bonds is 52. The predicted molar refractivity (Wildman–Crippen MR) is 300 cm³/mol. The van der Waals surface area contributed by atoms with Crippen molar-refractivity contribution in [2.45, 2.75) is 259 Å². The van der Waals surface area contributed by atoms with Gasteiger partial charge in [-0.25, -0.2) is 4.79 Å². The minimum atomic E-state index is -0.594. The number of allylic oxidation sites excluding steroid dienone is 4. The van der Waals surface area contributed by atoms with Gasteiger partial charge in [-0.2, -0.15) is 0 Å². The zero-order valence-electron chi connectivity index (χ0n) is 48.4. The van der Waals surface area contributed by atoms with Crippen molar-refractivity contribution in [3.8, 4) is 0 Å². The maximum atomic E-state index is 13.2. The van der Waals surface area contributed by atoms with E-state index < -0.39 is 36.3 Å². The molecular formula is C61H110N2O12. The van der Waals surface area contributed by atoms with Crippen LogP contribution in [-0.2, 0) is 52.3 Å². The average molecular weight is 1060 g/mol. The van der Waals surface area contributed by atoms with Gasteiger partial charge in [0.2, 0.25) is 0 Å². The van der Waals surface area contributed by atoms with E-state index in [2.05, 4.69) is 69.1 Å². The van der Waals surface area contributed by atoms with Gasteiger partial charge < -0.3 is 43.4 Å². The number of hydrogen-bond acceptors (Lipinski definition) is 13. The van der Waals surface area contributed by atoms with Crippen LogP contribution in [0, 0.1) is 11.8 Å². The molecule has 14 heteroatoms. The number of esters is 4. The summed E-state index contributed by atoms with van der Waals surface area (Å²) < 4.78 is 40.8. The van der Waals surface area contributed by atoms with Crippen LogP contribution in [0.15, 0.2) is 24.3 Å². The fraction of sp³-hybridized carbons (Fsp3) is 0.852. The van der Waals surface area contributed by atoms with Crippen LogP contribution in [0.1, 0.15) is 247 Å². The van der Waals surface area contributed by atoms with Gasteiger partial charge in [-0.05, 0) is 122 Å². The maximum absolute atomic E-state index is 13.2. The monoisotopic (exact) mass is 1060 g/mol. The highest BCUT2D eigenvalue weighted by molar-refractivity contribution is 5.72. The van der Waals surface area contributed by atoms with Crippen LogP contribution in [0.3, 0.4) is 0 Å². The fourth-order valence-electron chi connectivity index (χ4n) is 8.87. The Balaban J connectivity index is 2.83. The van der Waals surface area contributed by atoms with Gasteiger partial charge in [-0.1, -0.05) is 136 Å². The molecule has 0 spiro atoms. The van der Waals surface area contributed by atoms with Crippen LogP contribution < -0.4 is 5.32 Å². The summed E-state index contributed by atoms with van der Waals surface area (Å²) in [4.78, 5) is 67.4. The summed E-state index contributed by atoms with van der Waals surface area (Å²) in [7, 11) is 0. The van der Waals surface area contributed by atoms with Crippen molar-refractivity contribution in [3.05, 3.63) is 24.3 Å². The Bertz CT molecular complexity index is 1430. The first kappa shape index (κ1) is 69.5. The maximum Gasteiger partial charge on any atom is 0.407 e. The minimum absolute atomic E-state index is 0.0228. The van der Waals surface area contributed by atoms with Crippen molar-refractivity contribution >= 4 is 30.0 Å². The summed E-state index contributed by atoms with van der Waals surface area (Å²) in [6.07, 6.45) is 35.8. The molecule has 1 aliphatic heterocycles. The molecule has 1 heterocycles. The molecule has 1 fully saturated rings. The molecule has 1 rings (SSSR count). The Morgan fingerprint density at radius 2 is 1.00 bits per heavy atom. The van der Waals surface area contributed by atoms with E-state index in [1.807, 2.05) is 0 Å². The van der Waals surface area contributed by atoms with Gasteiger partial charge in [-0.3, -0.25) is 19.2 Å². The predicted octanol–water partition coefficient (Wildman–Crippen LogP) is 14.2. The van der Waals surface area contributed by atoms with Gasteiger partial charge in [0.05, 0.1) is 24.9 Å². The number of unbranched alkanes of at least 4 members (excludes halogenated alkanes) is 15. The minimum Gasteiger partial charge on any atom is -0.465 e. The summed E-state index contributed by atoms with van der Waals surface area (Å²) in [5.74, 6) is -2.00. The quantitative estimate of drug-likeness (QED) is 0.0201. The highest BCUT2D eigenvalue weighted by Crippen LogP contribution is 2.20. The van der Waals surface area contributed by atoms with Crippen molar-refractivity contribution in [3.63, 3.8) is 0 Å². The van der Waals surface area contributed by atoms with E-state index in [1.165, 1.54) is 25.7 Å². The number of hydrogen-bond donors (Lipinski definition) is 1. The summed E-state index contributed by atoms with van der Waals surface area (Å²) in [6.45, 7) is 15.3. The molecule has 75 heavy (non-hydrogen) atoms. The summed E-state index contributed by atoms with van der Waals surface area (Å²) in [5.41, 5.74) is 0. The van der Waals surface area contributed by atoms with Gasteiger partial charge in [0.1, 0.15) is 25.9 Å². The van der Waals surface area contributed by atoms with Crippen LogP contribution in [-0.4, -0.2) is 113 Å². The summed E-state index contributed by atoms with van der Waals surface area (Å²) in [6, 6.07) is 0. The van der Waals surface area contributed by atoms with Gasteiger partial charge >= 0.3 is 30.0 Å². The number of nitrogens with zero attached hydrogens (tertiary/aromatic N) is 1. The van der Waals surface area contributed by atoms with E-state index in [-0.39, 0.29) is 56.9 Å². The molecule has 0 saturated carbocycles. The second-order valence-corrected chi connectivity index (χ2v) is 20.6. The number of nitrogens with one attached hydrogen (secondary N) is 1. The van der Waals surface area contributed by atoms with Crippen molar-refractivity contribution < 1.29 is 57.1 Å². The first-order chi connectivity index (χ1) is 36.6. The Hall–Kier alpha value is -3.49. The topological polar surface area (TPSA) is 165 Å². The summed E-state index contributed by atoms with van der Waals surface area (Å²) in [5, 5.41) is 2.89. The first-order valence-electron chi connectivity index (χ1n) is 30.5. The molecule has 0 aromatic rings. The molecule has 0 bridgehead atoms. The largest absolute Gasteiger partial charge is 0.465 e. The average Bonchev–Trinajstić information content (AvgIpc) is 3.93. The second kappa shape index (κ2) is 51.3. The molecule has 0 aromatic carbocycles. The number of carbonyl (C=O) groups excluding carboxylic acids is 5. The number of likely N-dealkylation sites (tertiary alicyclic amines) is 1. The molecule has 436 valence electrons. The highest BCUT2D eigenvalue weighted by atomic mass is 16.7. The Morgan fingerprint density at radius 1 is 0.493 bits per heavy atom. The SMILES string of the molecule is CC/C=C\CCCCOC(CCC(=O)OCC(COC(=O)CCCCCCOC(=O)C(CCCC)CCCCCC)COC(=O)CCC(CCCCCCC)OC(=O)NCCN1CCCC1)OCCCC/C=C\CC. The standard InChI is InChI=1S/C61H110N2O12/c1-6-11-16-20-24-32-47-69-59(70-48-33-25-21-17-12-7-2)42-41-58(66)74-52-53(50-72-56(64)38-29-23-26-34-49-71-60(67)54(35-15-10-5)36-27-19-14-9-4)51-73-57(65)40-39-55(37-28-22-18-13-8-3)75-61(68)62-43-46-63-44-30-31-45-63/h11-12,16-17,53-55,59H,6-10,13-15,18-52H2,1-5H3,(H,62,68)/b16-11-,17-12-. The second-order valence-electron chi connectivity index (χ2n) is 20.6. The molecule has 1 N–H and O–H groups in total. The molecule has 1 saturated heterocycles. The third-order valence-corrected chi connectivity index (χ3v) is 13.6. The van der Waals surface area contributed by atoms with Gasteiger partial charge in [0.25, 0.3) is 0 Å². The van der Waals surface area contributed by atoms with Crippen molar-refractivity contribution in [1.29, 1.82) is 0 Å². The molecule has 1 aliphatic rings. The van der Waals surface area contributed by atoms with Crippen molar-refractivity contribution in [1.82, 2.24) is 10.2 Å². The first-order valence-corrected chi connectivity index (χ1v) is 30.5. The number of carbonyl (C=O) groups is 5. The van der Waals surface area contributed by atoms with E-state index in [4.69, 9.17) is 33.2 Å². The Labute approximate surface area is 456 Å². The van der Waals surface area contributed by atoms with E-state index in [0.717, 1.165) is 161 Å². The lowest BCUT2D eigenvalue weighted by molar-refractivity contribution is -0.162. The summed E-state index contributed by atoms with van der Waals surface area (Å²) >= 11 is 0. The third-order valence-electron chi connectivity index (χ3n) is 13.6. The van der Waals surface area contributed by atoms with Gasteiger partial charge in [-0.15, -0.1) is 0 Å². The molecule has 3 unspecified atom stereocenters. The molecular weight excluding hydrogens is 953 g/mol. The Kier molecular flexibility index (Phi) is 47.5. The molecule has 3 atom stereocenters. The smallest absolute Gasteiger partial charge is 0.407 e. The van der Waals surface area contributed by atoms with Gasteiger partial charge in [0.15, 0.2) is 6.29 Å². The van der Waals surface area contributed by atoms with E-state index in [0.29, 0.717) is 52.0 Å². The molecule has 14 nitrogen and oxygen atoms in total. The number of amides is 1. The van der Waals surface area contributed by atoms with E-state index >= 15 is 0 Å². The van der Waals surface area contributed by atoms with Crippen LogP contribution in [0.4, 0.5) is 4.79 Å². The highest BCUT2D eigenvalue weighted by Gasteiger charge is 2.23. The van der Waals surface area contributed by atoms with Crippen LogP contribution in [0.25, 0.3) is 0 Å². The zero-order chi connectivity index (χ0) is 54.7. The lowest BCUT2D eigenvalue weighted by atomic mass is 9.95. The molecule has 0 aliphatic carbocycles. The van der Waals surface area contributed by atoms with E-state index in [9.17, 15) is 24.0 Å². The zero-order valence-corrected chi connectivity index (χ0v) is 48.4. The van der Waals surface area contributed by atoms with Crippen molar-refractivity contribution in [2.75, 3.05) is 65.8 Å². The van der Waals surface area contributed by atoms with Crippen LogP contribution in [0.2, 0.25) is 0 Å².